The number of carboxylic acid groups (broad SMARTS) is 1. The quantitative estimate of drug-likeness (QED) is 0.323. The molecule has 1 heterocycles. The molecule has 1 fully saturated rings. The Hall–Kier alpha value is -2.86. The predicted molar refractivity (Wildman–Crippen MR) is 147 cm³/mol. The molecule has 0 aromatic heterocycles. The number of aryl methyl sites for hydroxylation is 1. The van der Waals surface area contributed by atoms with Gasteiger partial charge in [-0.1, -0.05) is 47.5 Å². The third-order valence-electron chi connectivity index (χ3n) is 7.09. The van der Waals surface area contributed by atoms with Crippen molar-refractivity contribution in [2.75, 3.05) is 26.3 Å². The Bertz CT molecular complexity index is 1360. The largest absolute Gasteiger partial charge is 0.489 e. The van der Waals surface area contributed by atoms with Gasteiger partial charge in [-0.05, 0) is 95.5 Å². The maximum absolute atomic E-state index is 12.6. The van der Waals surface area contributed by atoms with Crippen LogP contribution in [0.25, 0.3) is 11.1 Å². The van der Waals surface area contributed by atoms with Gasteiger partial charge in [-0.3, -0.25) is 9.29 Å². The van der Waals surface area contributed by atoms with E-state index < -0.39 is 5.97 Å². The minimum Gasteiger partial charge on any atom is -0.489 e. The van der Waals surface area contributed by atoms with Crippen molar-refractivity contribution in [3.63, 3.8) is 0 Å². The van der Waals surface area contributed by atoms with E-state index in [-0.39, 0.29) is 18.3 Å². The Morgan fingerprint density at radius 3 is 2.68 bits per heavy atom. The number of halogens is 3. The molecule has 7 heteroatoms. The number of likely N-dealkylation sites (tertiary alicyclic amines) is 1. The van der Waals surface area contributed by atoms with Crippen molar-refractivity contribution in [1.29, 1.82) is 0 Å². The van der Waals surface area contributed by atoms with Crippen LogP contribution in [0.2, 0.25) is 10.0 Å². The van der Waals surface area contributed by atoms with Crippen molar-refractivity contribution < 1.29 is 19.0 Å². The van der Waals surface area contributed by atoms with Crippen molar-refractivity contribution >= 4 is 40.3 Å². The standard InChI is InChI=1S/C30H28Cl2FNO3/c31-22-7-10-26(28(32)17-22)27-9-5-19-15-21(30(35)36)6-8-25(19)29(27)20-3-1-4-23(16-20)37-24-11-14-34(18-24)13-2-12-33/h1,3-4,6-8,10,15-17,24H,2,5,9,11-14,18H2,(H,35,36)/t24-/m1/s1. The number of allylic oxidation sites excluding steroid dienone is 1. The zero-order chi connectivity index (χ0) is 25.9. The fourth-order valence-electron chi connectivity index (χ4n) is 5.36. The van der Waals surface area contributed by atoms with E-state index in [4.69, 9.17) is 27.9 Å². The molecule has 0 radical (unpaired) electrons. The lowest BCUT2D eigenvalue weighted by molar-refractivity contribution is 0.0696. The molecule has 5 rings (SSSR count). The van der Waals surface area contributed by atoms with E-state index in [1.54, 1.807) is 18.2 Å². The number of hydrogen-bond donors (Lipinski definition) is 1. The molecule has 4 nitrogen and oxygen atoms in total. The van der Waals surface area contributed by atoms with Crippen molar-refractivity contribution in [2.24, 2.45) is 0 Å². The number of fused-ring (bicyclic) bond motifs is 1. The van der Waals surface area contributed by atoms with Gasteiger partial charge in [-0.25, -0.2) is 4.79 Å². The predicted octanol–water partition coefficient (Wildman–Crippen LogP) is 7.41. The molecule has 1 aliphatic heterocycles. The molecule has 0 saturated carbocycles. The fourth-order valence-corrected chi connectivity index (χ4v) is 5.88. The smallest absolute Gasteiger partial charge is 0.335 e. The number of rotatable bonds is 8. The average Bonchev–Trinajstić information content (AvgIpc) is 3.33. The van der Waals surface area contributed by atoms with Gasteiger partial charge in [0.1, 0.15) is 11.9 Å². The summed E-state index contributed by atoms with van der Waals surface area (Å²) in [4.78, 5) is 13.9. The highest BCUT2D eigenvalue weighted by molar-refractivity contribution is 6.36. The molecule has 0 spiro atoms. The van der Waals surface area contributed by atoms with Gasteiger partial charge in [0, 0.05) is 29.7 Å². The minimum atomic E-state index is -0.938. The topological polar surface area (TPSA) is 49.8 Å². The van der Waals surface area contributed by atoms with Gasteiger partial charge in [0.05, 0.1) is 12.2 Å². The third kappa shape index (κ3) is 5.69. The van der Waals surface area contributed by atoms with Crippen LogP contribution in [0.5, 0.6) is 5.75 Å². The lowest BCUT2D eigenvalue weighted by Gasteiger charge is -2.26. The minimum absolute atomic E-state index is 0.0609. The second-order valence-electron chi connectivity index (χ2n) is 9.55. The zero-order valence-corrected chi connectivity index (χ0v) is 21.9. The van der Waals surface area contributed by atoms with Crippen LogP contribution in [0.3, 0.4) is 0 Å². The first-order chi connectivity index (χ1) is 17.9. The zero-order valence-electron chi connectivity index (χ0n) is 20.4. The molecular formula is C30H28Cl2FNO3. The van der Waals surface area contributed by atoms with Gasteiger partial charge in [-0.15, -0.1) is 0 Å². The SMILES string of the molecule is O=C(O)c1ccc2c(c1)CCC(c1ccc(Cl)cc1Cl)=C2c1cccc(O[C@@H]2CCN(CCCF)C2)c1. The third-order valence-corrected chi connectivity index (χ3v) is 7.63. The summed E-state index contributed by atoms with van der Waals surface area (Å²) in [5.74, 6) is -0.162. The lowest BCUT2D eigenvalue weighted by atomic mass is 9.79. The van der Waals surface area contributed by atoms with Crippen molar-refractivity contribution in [2.45, 2.75) is 31.8 Å². The van der Waals surface area contributed by atoms with E-state index in [0.717, 1.165) is 65.2 Å². The van der Waals surface area contributed by atoms with Gasteiger partial charge in [0.2, 0.25) is 0 Å². The number of carbonyl (C=O) groups is 1. The number of alkyl halides is 1. The molecule has 0 unspecified atom stereocenters. The number of carboxylic acids is 1. The summed E-state index contributed by atoms with van der Waals surface area (Å²) in [5, 5.41) is 10.7. The van der Waals surface area contributed by atoms with Crippen LogP contribution >= 0.6 is 23.2 Å². The molecular weight excluding hydrogens is 512 g/mol. The molecule has 1 N–H and O–H groups in total. The van der Waals surface area contributed by atoms with E-state index in [2.05, 4.69) is 11.0 Å². The lowest BCUT2D eigenvalue weighted by Crippen LogP contribution is -2.26. The number of ether oxygens (including phenoxy) is 1. The first-order valence-electron chi connectivity index (χ1n) is 12.5. The number of aromatic carboxylic acids is 1. The molecule has 0 amide bonds. The van der Waals surface area contributed by atoms with Crippen LogP contribution in [0, 0.1) is 0 Å². The second-order valence-corrected chi connectivity index (χ2v) is 10.4. The molecule has 2 aliphatic rings. The van der Waals surface area contributed by atoms with Crippen LogP contribution in [-0.2, 0) is 6.42 Å². The Labute approximate surface area is 226 Å². The van der Waals surface area contributed by atoms with Crippen LogP contribution in [0.4, 0.5) is 4.39 Å². The highest BCUT2D eigenvalue weighted by atomic mass is 35.5. The second kappa shape index (κ2) is 11.3. The summed E-state index contributed by atoms with van der Waals surface area (Å²) in [5.41, 5.74) is 6.27. The first-order valence-corrected chi connectivity index (χ1v) is 13.3. The number of hydrogen-bond acceptors (Lipinski definition) is 3. The van der Waals surface area contributed by atoms with Crippen LogP contribution in [0.15, 0.2) is 60.7 Å². The fraction of sp³-hybridized carbons (Fsp3) is 0.300. The summed E-state index contributed by atoms with van der Waals surface area (Å²) in [6.45, 7) is 2.16. The van der Waals surface area contributed by atoms with E-state index in [0.29, 0.717) is 29.3 Å². The van der Waals surface area contributed by atoms with Gasteiger partial charge in [0.15, 0.2) is 0 Å². The van der Waals surface area contributed by atoms with Gasteiger partial charge in [-0.2, -0.15) is 0 Å². The van der Waals surface area contributed by atoms with Crippen LogP contribution < -0.4 is 4.74 Å². The summed E-state index contributed by atoms with van der Waals surface area (Å²) in [7, 11) is 0. The molecule has 3 aromatic carbocycles. The molecule has 1 atom stereocenters. The molecule has 1 aliphatic carbocycles. The van der Waals surface area contributed by atoms with E-state index in [1.807, 2.05) is 36.4 Å². The Balaban J connectivity index is 1.54. The highest BCUT2D eigenvalue weighted by Crippen LogP contribution is 2.44. The Kier molecular flexibility index (Phi) is 7.84. The molecule has 0 bridgehead atoms. The highest BCUT2D eigenvalue weighted by Gasteiger charge is 2.26. The summed E-state index contributed by atoms with van der Waals surface area (Å²) >= 11 is 12.8. The number of benzene rings is 3. The summed E-state index contributed by atoms with van der Waals surface area (Å²) in [6, 6.07) is 18.9. The Morgan fingerprint density at radius 1 is 1.05 bits per heavy atom. The Morgan fingerprint density at radius 2 is 1.89 bits per heavy atom. The van der Waals surface area contributed by atoms with Crippen molar-refractivity contribution in [3.05, 3.63) is 98.5 Å². The van der Waals surface area contributed by atoms with Gasteiger partial charge < -0.3 is 9.84 Å². The van der Waals surface area contributed by atoms with Crippen molar-refractivity contribution in [3.8, 4) is 5.75 Å². The van der Waals surface area contributed by atoms with E-state index in [9.17, 15) is 14.3 Å². The maximum atomic E-state index is 12.6. The number of nitrogens with zero attached hydrogens (tertiary/aromatic N) is 1. The summed E-state index contributed by atoms with van der Waals surface area (Å²) < 4.78 is 18.9. The molecule has 1 saturated heterocycles. The molecule has 3 aromatic rings. The summed E-state index contributed by atoms with van der Waals surface area (Å²) in [6.07, 6.45) is 2.94. The van der Waals surface area contributed by atoms with Gasteiger partial charge >= 0.3 is 5.97 Å². The maximum Gasteiger partial charge on any atom is 0.335 e. The molecule has 37 heavy (non-hydrogen) atoms. The van der Waals surface area contributed by atoms with Gasteiger partial charge in [0.25, 0.3) is 0 Å². The monoisotopic (exact) mass is 539 g/mol. The van der Waals surface area contributed by atoms with E-state index >= 15 is 0 Å². The molecule has 192 valence electrons. The van der Waals surface area contributed by atoms with Crippen LogP contribution in [0.1, 0.15) is 51.9 Å². The van der Waals surface area contributed by atoms with E-state index in [1.165, 1.54) is 0 Å². The van der Waals surface area contributed by atoms with Crippen LogP contribution in [-0.4, -0.2) is 48.4 Å². The van der Waals surface area contributed by atoms with Crippen molar-refractivity contribution in [1.82, 2.24) is 4.90 Å². The first kappa shape index (κ1) is 25.8. The normalized spacial score (nSPS) is 17.6. The average molecular weight is 540 g/mol.